The molecule has 0 bridgehead atoms. The smallest absolute Gasteiger partial charge is 0.135 e. The Morgan fingerprint density at radius 3 is 1.97 bits per heavy atom. The Bertz CT molecular complexity index is 2830. The van der Waals surface area contributed by atoms with Crippen molar-refractivity contribution in [3.8, 4) is 33.8 Å². The molecule has 33 heavy (non-hydrogen) atoms. The number of ether oxygens (including phenoxy) is 1. The van der Waals surface area contributed by atoms with Crippen LogP contribution in [-0.4, -0.2) is 0 Å². The van der Waals surface area contributed by atoms with Crippen LogP contribution in [0.2, 0.25) is 0 Å². The molecule has 0 radical (unpaired) electrons. The van der Waals surface area contributed by atoms with E-state index in [4.69, 9.17) is 28.0 Å². The standard InChI is InChI=1S/C32H18O/c1-4-20-10-11-22-12-15-24(26-16-13-21(5-1)30(20)32(22)26)23-14-17-28-27(18-23)25-8-2-6-19-7-3-9-29(33-28)31(19)25/h1-18H/i1D,2D,3D,4D,5D,6D,7D,8D,9D,10D,11D,12D,13D,14D,15D,16D,17D,18D. The largest absolute Gasteiger partial charge is 0.456 e. The summed E-state index contributed by atoms with van der Waals surface area (Å²) in [5.74, 6) is -0.935. The summed E-state index contributed by atoms with van der Waals surface area (Å²) in [5, 5.41) is -2.15. The highest BCUT2D eigenvalue weighted by atomic mass is 16.5. The Hall–Kier alpha value is -4.36. The molecule has 1 nitrogen and oxygen atoms in total. The van der Waals surface area contributed by atoms with Gasteiger partial charge in [-0.1, -0.05) is 90.6 Å². The zero-order valence-electron chi connectivity index (χ0n) is 34.4. The molecule has 0 spiro atoms. The predicted molar refractivity (Wildman–Crippen MR) is 139 cm³/mol. The summed E-state index contributed by atoms with van der Waals surface area (Å²) in [7, 11) is 0. The van der Waals surface area contributed by atoms with Gasteiger partial charge in [-0.05, 0) is 72.5 Å². The van der Waals surface area contributed by atoms with Crippen molar-refractivity contribution in [1.29, 1.82) is 0 Å². The Morgan fingerprint density at radius 2 is 1.12 bits per heavy atom. The molecular weight excluding hydrogens is 400 g/mol. The molecule has 0 amide bonds. The molecule has 0 N–H and O–H groups in total. The van der Waals surface area contributed by atoms with Crippen LogP contribution in [0, 0.1) is 0 Å². The maximum absolute atomic E-state index is 9.46. The van der Waals surface area contributed by atoms with Crippen molar-refractivity contribution in [2.75, 3.05) is 0 Å². The second kappa shape index (κ2) is 6.11. The third-order valence-corrected chi connectivity index (χ3v) is 5.76. The summed E-state index contributed by atoms with van der Waals surface area (Å²) >= 11 is 0. The Kier molecular flexibility index (Phi) is 1.41. The Balaban J connectivity index is 1.65. The number of hydrogen-bond donors (Lipinski definition) is 0. The average Bonchev–Trinajstić information content (AvgIpc) is 3.09. The van der Waals surface area contributed by atoms with Gasteiger partial charge in [-0.3, -0.25) is 0 Å². The molecule has 0 fully saturated rings. The van der Waals surface area contributed by atoms with E-state index in [1.165, 1.54) is 0 Å². The highest BCUT2D eigenvalue weighted by Gasteiger charge is 2.21. The van der Waals surface area contributed by atoms with Crippen LogP contribution in [0.1, 0.15) is 24.7 Å². The first-order chi connectivity index (χ1) is 23.9. The maximum Gasteiger partial charge on any atom is 0.135 e. The zero-order chi connectivity index (χ0) is 37.2. The van der Waals surface area contributed by atoms with Crippen LogP contribution in [0.3, 0.4) is 0 Å². The predicted octanol–water partition coefficient (Wildman–Crippen LogP) is 9.18. The van der Waals surface area contributed by atoms with E-state index in [0.717, 1.165) is 0 Å². The summed E-state index contributed by atoms with van der Waals surface area (Å²) in [6.45, 7) is 0. The molecule has 1 aliphatic heterocycles. The molecule has 8 rings (SSSR count). The molecule has 0 saturated carbocycles. The van der Waals surface area contributed by atoms with Gasteiger partial charge in [-0.15, -0.1) is 0 Å². The lowest BCUT2D eigenvalue weighted by Gasteiger charge is -2.22. The maximum atomic E-state index is 9.46. The van der Waals surface area contributed by atoms with Crippen molar-refractivity contribution in [3.63, 3.8) is 0 Å². The molecule has 7 aromatic rings. The molecule has 0 unspecified atom stereocenters. The summed E-state index contributed by atoms with van der Waals surface area (Å²) in [6.07, 6.45) is 0. The molecule has 0 aliphatic carbocycles. The lowest BCUT2D eigenvalue weighted by atomic mass is 9.88. The van der Waals surface area contributed by atoms with Gasteiger partial charge in [-0.25, -0.2) is 0 Å². The van der Waals surface area contributed by atoms with E-state index in [0.29, 0.717) is 0 Å². The van der Waals surface area contributed by atoms with Crippen LogP contribution in [0.25, 0.3) is 65.3 Å². The van der Waals surface area contributed by atoms with Gasteiger partial charge in [-0.2, -0.15) is 0 Å². The third kappa shape index (κ3) is 2.26. The molecule has 0 aromatic heterocycles. The van der Waals surface area contributed by atoms with Gasteiger partial charge in [0.2, 0.25) is 0 Å². The van der Waals surface area contributed by atoms with E-state index in [2.05, 4.69) is 0 Å². The number of rotatable bonds is 1. The normalized spacial score (nSPS) is 20.1. The summed E-state index contributed by atoms with van der Waals surface area (Å²) < 4.78 is 164. The van der Waals surface area contributed by atoms with Gasteiger partial charge in [0.05, 0.1) is 24.7 Å². The van der Waals surface area contributed by atoms with Crippen molar-refractivity contribution in [3.05, 3.63) is 109 Å². The first-order valence-corrected chi connectivity index (χ1v) is 9.91. The minimum absolute atomic E-state index is 0.153. The fraction of sp³-hybridized carbons (Fsp3) is 0. The van der Waals surface area contributed by atoms with Crippen LogP contribution in [0.5, 0.6) is 11.5 Å². The highest BCUT2D eigenvalue weighted by Crippen LogP contribution is 2.48. The second-order valence-electron chi connectivity index (χ2n) is 7.51. The van der Waals surface area contributed by atoms with Gasteiger partial charge in [0.15, 0.2) is 0 Å². The Labute approximate surface area is 216 Å². The first-order valence-electron chi connectivity index (χ1n) is 18.9. The van der Waals surface area contributed by atoms with Crippen molar-refractivity contribution in [2.45, 2.75) is 0 Å². The van der Waals surface area contributed by atoms with Crippen molar-refractivity contribution in [1.82, 2.24) is 0 Å². The molecule has 1 aliphatic rings. The van der Waals surface area contributed by atoms with E-state index in [9.17, 15) is 1.37 Å². The topological polar surface area (TPSA) is 9.23 Å². The molecule has 152 valence electrons. The molecule has 0 saturated heterocycles. The van der Waals surface area contributed by atoms with E-state index >= 15 is 0 Å². The molecular formula is C32H18O. The fourth-order valence-electron chi connectivity index (χ4n) is 4.33. The van der Waals surface area contributed by atoms with Gasteiger partial charge < -0.3 is 4.74 Å². The quantitative estimate of drug-likeness (QED) is 0.233. The lowest BCUT2D eigenvalue weighted by Crippen LogP contribution is -1.97. The minimum atomic E-state index is -0.778. The van der Waals surface area contributed by atoms with E-state index in [1.807, 2.05) is 0 Å². The van der Waals surface area contributed by atoms with E-state index in [-0.39, 0.29) is 54.2 Å². The lowest BCUT2D eigenvalue weighted by molar-refractivity contribution is 0.487. The second-order valence-corrected chi connectivity index (χ2v) is 7.51. The van der Waals surface area contributed by atoms with Gasteiger partial charge in [0, 0.05) is 10.9 Å². The van der Waals surface area contributed by atoms with Crippen LogP contribution < -0.4 is 4.74 Å². The van der Waals surface area contributed by atoms with Crippen LogP contribution in [0.15, 0.2) is 109 Å². The summed E-state index contributed by atoms with van der Waals surface area (Å²) in [4.78, 5) is 0. The van der Waals surface area contributed by atoms with Crippen LogP contribution in [-0.2, 0) is 0 Å². The van der Waals surface area contributed by atoms with E-state index < -0.39 is 131 Å². The van der Waals surface area contributed by atoms with Gasteiger partial charge >= 0.3 is 0 Å². The van der Waals surface area contributed by atoms with Crippen LogP contribution >= 0.6 is 0 Å². The summed E-state index contributed by atoms with van der Waals surface area (Å²) in [6, 6.07) is -11.9. The first kappa shape index (κ1) is 7.60. The third-order valence-electron chi connectivity index (χ3n) is 5.76. The van der Waals surface area contributed by atoms with Crippen molar-refractivity contribution >= 4 is 43.1 Å². The van der Waals surface area contributed by atoms with Crippen LogP contribution in [0.4, 0.5) is 0 Å². The minimum Gasteiger partial charge on any atom is -0.456 e. The molecule has 1 heteroatoms. The number of benzene rings is 7. The zero-order valence-corrected chi connectivity index (χ0v) is 16.4. The Morgan fingerprint density at radius 1 is 0.455 bits per heavy atom. The van der Waals surface area contributed by atoms with Gasteiger partial charge in [0.25, 0.3) is 0 Å². The average molecular weight is 437 g/mol. The molecule has 7 aromatic carbocycles. The number of fused-ring (bicyclic) bond motifs is 2. The summed E-state index contributed by atoms with van der Waals surface area (Å²) in [5.41, 5.74) is -1.72. The van der Waals surface area contributed by atoms with E-state index in [1.54, 1.807) is 0 Å². The fourth-order valence-corrected chi connectivity index (χ4v) is 4.33. The molecule has 1 heterocycles. The number of hydrogen-bond acceptors (Lipinski definition) is 1. The highest BCUT2D eigenvalue weighted by molar-refractivity contribution is 6.25. The molecule has 0 atom stereocenters. The van der Waals surface area contributed by atoms with Gasteiger partial charge in [0.1, 0.15) is 11.5 Å². The van der Waals surface area contributed by atoms with Crippen molar-refractivity contribution < 1.29 is 29.4 Å². The van der Waals surface area contributed by atoms with Crippen molar-refractivity contribution in [2.24, 2.45) is 0 Å². The monoisotopic (exact) mass is 436 g/mol. The SMILES string of the molecule is [2H]c1c([2H])c(-c2c([2H])c([2H])c3c([2H])c([2H])c4c([2H])c([2H])c([2H])c5c([2H])c([2H])c2c3c45)c([2H])c2c1Oc1c([2H])c([2H])c([2H])c3c([2H])c([2H])c([2H])c-2c13.